The van der Waals surface area contributed by atoms with Gasteiger partial charge in [0.1, 0.15) is 18.7 Å². The number of hydrogen-bond acceptors (Lipinski definition) is 5. The van der Waals surface area contributed by atoms with E-state index in [1.54, 1.807) is 31.3 Å². The predicted octanol–water partition coefficient (Wildman–Crippen LogP) is -0.736. The molecule has 2 rings (SSSR count). The first-order valence-corrected chi connectivity index (χ1v) is 5.94. The van der Waals surface area contributed by atoms with Gasteiger partial charge < -0.3 is 4.74 Å². The minimum absolute atomic E-state index is 0.214. The SMILES string of the molecule is Cn1cnn(CCOc2ccccc2C(=O)NN)c1=O. The average Bonchev–Trinajstić information content (AvgIpc) is 2.79. The van der Waals surface area contributed by atoms with E-state index in [1.165, 1.54) is 15.6 Å². The normalized spacial score (nSPS) is 10.3. The Morgan fingerprint density at radius 1 is 1.45 bits per heavy atom. The van der Waals surface area contributed by atoms with Gasteiger partial charge in [-0.25, -0.2) is 15.3 Å². The molecule has 0 radical (unpaired) electrons. The molecule has 0 saturated carbocycles. The maximum Gasteiger partial charge on any atom is 0.345 e. The van der Waals surface area contributed by atoms with Crippen molar-refractivity contribution in [2.24, 2.45) is 12.9 Å². The highest BCUT2D eigenvalue weighted by molar-refractivity contribution is 5.96. The molecule has 0 bridgehead atoms. The lowest BCUT2D eigenvalue weighted by molar-refractivity contribution is 0.0949. The second kappa shape index (κ2) is 6.02. The predicted molar refractivity (Wildman–Crippen MR) is 71.1 cm³/mol. The zero-order valence-corrected chi connectivity index (χ0v) is 10.9. The monoisotopic (exact) mass is 277 g/mol. The van der Waals surface area contributed by atoms with Gasteiger partial charge in [-0.2, -0.15) is 5.10 Å². The lowest BCUT2D eigenvalue weighted by Gasteiger charge is -2.09. The second-order valence-corrected chi connectivity index (χ2v) is 4.07. The van der Waals surface area contributed by atoms with E-state index in [-0.39, 0.29) is 18.8 Å². The van der Waals surface area contributed by atoms with Gasteiger partial charge in [0.25, 0.3) is 5.91 Å². The maximum absolute atomic E-state index is 11.6. The highest BCUT2D eigenvalue weighted by atomic mass is 16.5. The summed E-state index contributed by atoms with van der Waals surface area (Å²) in [5, 5.41) is 3.91. The fourth-order valence-corrected chi connectivity index (χ4v) is 1.67. The largest absolute Gasteiger partial charge is 0.491 e. The molecule has 1 amide bonds. The van der Waals surface area contributed by atoms with Crippen molar-refractivity contribution in [3.63, 3.8) is 0 Å². The summed E-state index contributed by atoms with van der Waals surface area (Å²) in [6.07, 6.45) is 1.43. The number of carbonyl (C=O) groups excluding carboxylic acids is 1. The third-order valence-electron chi connectivity index (χ3n) is 2.71. The first-order chi connectivity index (χ1) is 9.63. The summed E-state index contributed by atoms with van der Waals surface area (Å²) in [6, 6.07) is 6.71. The van der Waals surface area contributed by atoms with Gasteiger partial charge in [0.15, 0.2) is 0 Å². The van der Waals surface area contributed by atoms with E-state index < -0.39 is 5.91 Å². The molecule has 2 aromatic rings. The van der Waals surface area contributed by atoms with Crippen LogP contribution in [0.1, 0.15) is 10.4 Å². The van der Waals surface area contributed by atoms with Crippen LogP contribution in [0.2, 0.25) is 0 Å². The highest BCUT2D eigenvalue weighted by Crippen LogP contribution is 2.17. The Labute approximate surface area is 114 Å². The van der Waals surface area contributed by atoms with Gasteiger partial charge in [0.2, 0.25) is 0 Å². The molecule has 1 aromatic heterocycles. The van der Waals surface area contributed by atoms with Crippen molar-refractivity contribution < 1.29 is 9.53 Å². The Kier molecular flexibility index (Phi) is 4.16. The number of nitrogens with zero attached hydrogens (tertiary/aromatic N) is 3. The second-order valence-electron chi connectivity index (χ2n) is 4.07. The number of rotatable bonds is 5. The summed E-state index contributed by atoms with van der Waals surface area (Å²) in [7, 11) is 1.62. The van der Waals surface area contributed by atoms with Crippen molar-refractivity contribution in [2.45, 2.75) is 6.54 Å². The van der Waals surface area contributed by atoms with Crippen LogP contribution < -0.4 is 21.7 Å². The maximum atomic E-state index is 11.6. The van der Waals surface area contributed by atoms with E-state index in [0.29, 0.717) is 11.3 Å². The number of amides is 1. The molecule has 0 aliphatic heterocycles. The van der Waals surface area contributed by atoms with Gasteiger partial charge in [-0.1, -0.05) is 12.1 Å². The van der Waals surface area contributed by atoms with Crippen LogP contribution in [0.15, 0.2) is 35.4 Å². The third kappa shape index (κ3) is 2.86. The Morgan fingerprint density at radius 2 is 2.20 bits per heavy atom. The molecular formula is C12H15N5O3. The number of aromatic nitrogens is 3. The lowest BCUT2D eigenvalue weighted by atomic mass is 10.2. The summed E-state index contributed by atoms with van der Waals surface area (Å²) in [5.41, 5.74) is 2.17. The Balaban J connectivity index is 2.03. The number of ether oxygens (including phenoxy) is 1. The van der Waals surface area contributed by atoms with Crippen molar-refractivity contribution in [1.82, 2.24) is 19.8 Å². The van der Waals surface area contributed by atoms with Gasteiger partial charge >= 0.3 is 5.69 Å². The first kappa shape index (κ1) is 13.8. The number of aryl methyl sites for hydroxylation is 1. The smallest absolute Gasteiger partial charge is 0.345 e. The molecule has 0 saturated heterocycles. The fourth-order valence-electron chi connectivity index (χ4n) is 1.67. The van der Waals surface area contributed by atoms with Crippen LogP contribution >= 0.6 is 0 Å². The van der Waals surface area contributed by atoms with Crippen LogP contribution in [0.25, 0.3) is 0 Å². The zero-order valence-electron chi connectivity index (χ0n) is 10.9. The van der Waals surface area contributed by atoms with Crippen molar-refractivity contribution in [3.8, 4) is 5.75 Å². The molecule has 106 valence electrons. The highest BCUT2D eigenvalue weighted by Gasteiger charge is 2.10. The Bertz CT molecular complexity index is 661. The molecule has 3 N–H and O–H groups in total. The summed E-state index contributed by atoms with van der Waals surface area (Å²) in [4.78, 5) is 23.1. The quantitative estimate of drug-likeness (QED) is 0.426. The molecule has 0 aliphatic rings. The molecule has 0 unspecified atom stereocenters. The van der Waals surface area contributed by atoms with E-state index in [1.807, 2.05) is 0 Å². The first-order valence-electron chi connectivity index (χ1n) is 5.94. The van der Waals surface area contributed by atoms with E-state index in [4.69, 9.17) is 10.6 Å². The van der Waals surface area contributed by atoms with E-state index in [2.05, 4.69) is 10.5 Å². The molecule has 0 spiro atoms. The minimum atomic E-state index is -0.435. The van der Waals surface area contributed by atoms with Gasteiger partial charge in [-0.15, -0.1) is 0 Å². The zero-order chi connectivity index (χ0) is 14.5. The van der Waals surface area contributed by atoms with Crippen LogP contribution in [0.4, 0.5) is 0 Å². The molecule has 8 nitrogen and oxygen atoms in total. The van der Waals surface area contributed by atoms with Gasteiger partial charge in [-0.05, 0) is 12.1 Å². The topological polar surface area (TPSA) is 104 Å². The molecule has 1 aromatic carbocycles. The van der Waals surface area contributed by atoms with Crippen LogP contribution in [0.3, 0.4) is 0 Å². The standard InChI is InChI=1S/C12H15N5O3/c1-16-8-14-17(12(16)19)6-7-20-10-5-3-2-4-9(10)11(18)15-13/h2-5,8H,6-7,13H2,1H3,(H,15,18). The van der Waals surface area contributed by atoms with Gasteiger partial charge in [0, 0.05) is 7.05 Å². The number of hydrogen-bond donors (Lipinski definition) is 2. The lowest BCUT2D eigenvalue weighted by Crippen LogP contribution is -2.30. The number of nitrogen functional groups attached to an aromatic ring is 1. The van der Waals surface area contributed by atoms with Crippen LogP contribution in [0.5, 0.6) is 5.75 Å². The summed E-state index contributed by atoms with van der Waals surface area (Å²) in [6.45, 7) is 0.504. The molecule has 0 fully saturated rings. The third-order valence-corrected chi connectivity index (χ3v) is 2.71. The van der Waals surface area contributed by atoms with Crippen LogP contribution in [-0.4, -0.2) is 26.9 Å². The molecule has 20 heavy (non-hydrogen) atoms. The molecule has 0 atom stereocenters. The molecule has 1 heterocycles. The number of para-hydroxylation sites is 1. The van der Waals surface area contributed by atoms with Gasteiger partial charge in [-0.3, -0.25) is 14.8 Å². The van der Waals surface area contributed by atoms with E-state index in [0.717, 1.165) is 0 Å². The summed E-state index contributed by atoms with van der Waals surface area (Å²) < 4.78 is 8.16. The molecular weight excluding hydrogens is 262 g/mol. The van der Waals surface area contributed by atoms with Crippen molar-refractivity contribution in [1.29, 1.82) is 0 Å². The van der Waals surface area contributed by atoms with Crippen molar-refractivity contribution >= 4 is 5.91 Å². The Hall–Kier alpha value is -2.61. The van der Waals surface area contributed by atoms with Crippen LogP contribution in [0, 0.1) is 0 Å². The summed E-state index contributed by atoms with van der Waals surface area (Å²) in [5.74, 6) is 5.07. The minimum Gasteiger partial charge on any atom is -0.491 e. The summed E-state index contributed by atoms with van der Waals surface area (Å²) >= 11 is 0. The number of nitrogens with two attached hydrogens (primary N) is 1. The van der Waals surface area contributed by atoms with Gasteiger partial charge in [0.05, 0.1) is 12.1 Å². The van der Waals surface area contributed by atoms with Crippen LogP contribution in [-0.2, 0) is 13.6 Å². The number of carbonyl (C=O) groups is 1. The molecule has 8 heteroatoms. The van der Waals surface area contributed by atoms with E-state index >= 15 is 0 Å². The van der Waals surface area contributed by atoms with E-state index in [9.17, 15) is 9.59 Å². The average molecular weight is 277 g/mol. The fraction of sp³-hybridized carbons (Fsp3) is 0.250. The van der Waals surface area contributed by atoms with Crippen molar-refractivity contribution in [2.75, 3.05) is 6.61 Å². The molecule has 0 aliphatic carbocycles. The number of hydrazine groups is 1. The van der Waals surface area contributed by atoms with Crippen molar-refractivity contribution in [3.05, 3.63) is 46.6 Å². The Morgan fingerprint density at radius 3 is 2.85 bits per heavy atom. The number of benzene rings is 1. The number of nitrogens with one attached hydrogen (secondary N) is 1.